The Hall–Kier alpha value is -2.34. The van der Waals surface area contributed by atoms with Crippen LogP contribution in [0.1, 0.15) is 39.8 Å². The summed E-state index contributed by atoms with van der Waals surface area (Å²) in [4.78, 5) is 6.78. The maximum Gasteiger partial charge on any atom is 0.191 e. The molecule has 0 amide bonds. The minimum absolute atomic E-state index is 0.563. The molecule has 2 N–H and O–H groups in total. The molecule has 0 aliphatic rings. The van der Waals surface area contributed by atoms with E-state index in [1.54, 1.807) is 7.05 Å². The predicted octanol–water partition coefficient (Wildman–Crippen LogP) is 3.52. The number of nitrogens with one attached hydrogen (secondary N) is 2. The molecule has 0 bridgehead atoms. The molecule has 148 valence electrons. The Morgan fingerprint density at radius 2 is 1.81 bits per heavy atom. The smallest absolute Gasteiger partial charge is 0.191 e. The molecule has 0 aliphatic carbocycles. The Bertz CT molecular complexity index is 686. The van der Waals surface area contributed by atoms with Gasteiger partial charge in [-0.25, -0.2) is 0 Å². The van der Waals surface area contributed by atoms with E-state index in [4.69, 9.17) is 4.52 Å². The van der Waals surface area contributed by atoms with Crippen LogP contribution < -0.4 is 10.6 Å². The fourth-order valence-corrected chi connectivity index (χ4v) is 3.11. The maximum atomic E-state index is 5.43. The van der Waals surface area contributed by atoms with Gasteiger partial charge in [0.1, 0.15) is 5.69 Å². The predicted molar refractivity (Wildman–Crippen MR) is 112 cm³/mol. The van der Waals surface area contributed by atoms with Crippen LogP contribution >= 0.6 is 0 Å². The summed E-state index contributed by atoms with van der Waals surface area (Å²) in [5.41, 5.74) is 1.88. The summed E-state index contributed by atoms with van der Waals surface area (Å²) < 4.78 is 5.43. The molecule has 6 nitrogen and oxygen atoms in total. The molecular formula is C21H33N5O. The number of aliphatic imine (C=N–C) groups is 1. The summed E-state index contributed by atoms with van der Waals surface area (Å²) in [6, 6.07) is 13.1. The van der Waals surface area contributed by atoms with Crippen LogP contribution in [0.5, 0.6) is 0 Å². The number of benzene rings is 1. The van der Waals surface area contributed by atoms with Crippen LogP contribution in [0.25, 0.3) is 11.3 Å². The highest BCUT2D eigenvalue weighted by Gasteiger charge is 2.12. The lowest BCUT2D eigenvalue weighted by Crippen LogP contribution is -2.41. The van der Waals surface area contributed by atoms with Gasteiger partial charge in [0.15, 0.2) is 11.7 Å². The van der Waals surface area contributed by atoms with E-state index >= 15 is 0 Å². The van der Waals surface area contributed by atoms with Crippen LogP contribution in [0.3, 0.4) is 0 Å². The van der Waals surface area contributed by atoms with Crippen molar-refractivity contribution in [2.24, 2.45) is 4.99 Å². The Labute approximate surface area is 163 Å². The normalized spacial score (nSPS) is 12.2. The van der Waals surface area contributed by atoms with E-state index in [0.717, 1.165) is 42.5 Å². The third-order valence-electron chi connectivity index (χ3n) is 4.49. The van der Waals surface area contributed by atoms with Crippen LogP contribution in [0.4, 0.5) is 0 Å². The molecule has 0 radical (unpaired) electrons. The van der Waals surface area contributed by atoms with Crippen molar-refractivity contribution in [2.45, 2.75) is 52.7 Å². The molecule has 0 atom stereocenters. The molecule has 1 aromatic heterocycles. The lowest BCUT2D eigenvalue weighted by atomic mass is 10.2. The second-order valence-electron chi connectivity index (χ2n) is 7.18. The van der Waals surface area contributed by atoms with Gasteiger partial charge in [-0.05, 0) is 34.1 Å². The summed E-state index contributed by atoms with van der Waals surface area (Å²) in [7, 11) is 1.78. The van der Waals surface area contributed by atoms with Gasteiger partial charge in [-0.15, -0.1) is 0 Å². The van der Waals surface area contributed by atoms with Gasteiger partial charge < -0.3 is 15.2 Å². The van der Waals surface area contributed by atoms with E-state index < -0.39 is 0 Å². The highest BCUT2D eigenvalue weighted by Crippen LogP contribution is 2.19. The minimum atomic E-state index is 0.563. The minimum Gasteiger partial charge on any atom is -0.356 e. The van der Waals surface area contributed by atoms with Crippen molar-refractivity contribution in [1.29, 1.82) is 0 Å². The van der Waals surface area contributed by atoms with Crippen molar-refractivity contribution in [3.63, 3.8) is 0 Å². The molecule has 0 aliphatic heterocycles. The van der Waals surface area contributed by atoms with Gasteiger partial charge in [-0.3, -0.25) is 9.89 Å². The van der Waals surface area contributed by atoms with Crippen LogP contribution in [0.15, 0.2) is 45.9 Å². The third-order valence-corrected chi connectivity index (χ3v) is 4.49. The Morgan fingerprint density at radius 1 is 1.11 bits per heavy atom. The van der Waals surface area contributed by atoms with Crippen molar-refractivity contribution in [3.8, 4) is 11.3 Å². The first kappa shape index (κ1) is 21.0. The molecule has 1 heterocycles. The summed E-state index contributed by atoms with van der Waals surface area (Å²) in [5.74, 6) is 1.55. The molecule has 1 aromatic carbocycles. The second-order valence-corrected chi connectivity index (χ2v) is 7.18. The average molecular weight is 372 g/mol. The van der Waals surface area contributed by atoms with Gasteiger partial charge >= 0.3 is 0 Å². The number of aromatic nitrogens is 1. The van der Waals surface area contributed by atoms with Crippen molar-refractivity contribution in [3.05, 3.63) is 42.1 Å². The SMILES string of the molecule is CN=C(NCCCN(C(C)C)C(C)C)NCc1cc(-c2ccccc2)on1. The van der Waals surface area contributed by atoms with Gasteiger partial charge in [-0.2, -0.15) is 0 Å². The van der Waals surface area contributed by atoms with Gasteiger partial charge in [0.25, 0.3) is 0 Å². The number of rotatable bonds is 9. The molecular weight excluding hydrogens is 338 g/mol. The molecule has 0 fully saturated rings. The van der Waals surface area contributed by atoms with Gasteiger partial charge in [-0.1, -0.05) is 35.5 Å². The fourth-order valence-electron chi connectivity index (χ4n) is 3.11. The van der Waals surface area contributed by atoms with E-state index in [1.807, 2.05) is 36.4 Å². The Morgan fingerprint density at radius 3 is 2.44 bits per heavy atom. The molecule has 0 unspecified atom stereocenters. The van der Waals surface area contributed by atoms with Crippen LogP contribution in [-0.4, -0.2) is 48.2 Å². The van der Waals surface area contributed by atoms with Crippen molar-refractivity contribution in [1.82, 2.24) is 20.7 Å². The number of hydrogen-bond acceptors (Lipinski definition) is 4. The molecule has 27 heavy (non-hydrogen) atoms. The standard InChI is InChI=1S/C21H33N5O/c1-16(2)26(17(3)4)13-9-12-23-21(22-5)24-15-19-14-20(27-25-19)18-10-7-6-8-11-18/h6-8,10-11,14,16-17H,9,12-13,15H2,1-5H3,(H2,22,23,24). The van der Waals surface area contributed by atoms with Gasteiger partial charge in [0.05, 0.1) is 6.54 Å². The highest BCUT2D eigenvalue weighted by molar-refractivity contribution is 5.79. The van der Waals surface area contributed by atoms with E-state index in [-0.39, 0.29) is 0 Å². The van der Waals surface area contributed by atoms with E-state index in [0.29, 0.717) is 18.6 Å². The van der Waals surface area contributed by atoms with Crippen LogP contribution in [0.2, 0.25) is 0 Å². The first-order chi connectivity index (χ1) is 13.0. The summed E-state index contributed by atoms with van der Waals surface area (Å²) in [6.07, 6.45) is 1.07. The molecule has 0 saturated carbocycles. The van der Waals surface area contributed by atoms with Crippen LogP contribution in [0, 0.1) is 0 Å². The number of hydrogen-bond donors (Lipinski definition) is 2. The highest BCUT2D eigenvalue weighted by atomic mass is 16.5. The van der Waals surface area contributed by atoms with Gasteiger partial charge in [0.2, 0.25) is 0 Å². The molecule has 2 rings (SSSR count). The van der Waals surface area contributed by atoms with E-state index in [1.165, 1.54) is 0 Å². The first-order valence-electron chi connectivity index (χ1n) is 9.72. The zero-order chi connectivity index (χ0) is 19.6. The number of guanidine groups is 1. The summed E-state index contributed by atoms with van der Waals surface area (Å²) in [6.45, 7) is 11.5. The van der Waals surface area contributed by atoms with Crippen molar-refractivity contribution < 1.29 is 4.52 Å². The van der Waals surface area contributed by atoms with Crippen molar-refractivity contribution >= 4 is 5.96 Å². The van der Waals surface area contributed by atoms with E-state index in [2.05, 4.69) is 53.4 Å². The van der Waals surface area contributed by atoms with Crippen molar-refractivity contribution in [2.75, 3.05) is 20.1 Å². The summed E-state index contributed by atoms with van der Waals surface area (Å²) in [5, 5.41) is 10.8. The largest absolute Gasteiger partial charge is 0.356 e. The molecule has 0 spiro atoms. The average Bonchev–Trinajstić information content (AvgIpc) is 3.13. The second kappa shape index (κ2) is 10.7. The zero-order valence-corrected chi connectivity index (χ0v) is 17.2. The lowest BCUT2D eigenvalue weighted by molar-refractivity contribution is 0.173. The fraction of sp³-hybridized carbons (Fsp3) is 0.524. The monoisotopic (exact) mass is 371 g/mol. The quantitative estimate of drug-likeness (QED) is 0.401. The lowest BCUT2D eigenvalue weighted by Gasteiger charge is -2.30. The first-order valence-corrected chi connectivity index (χ1v) is 9.72. The maximum absolute atomic E-state index is 5.43. The molecule has 6 heteroatoms. The summed E-state index contributed by atoms with van der Waals surface area (Å²) >= 11 is 0. The number of nitrogens with zero attached hydrogens (tertiary/aromatic N) is 3. The Balaban J connectivity index is 1.75. The van der Waals surface area contributed by atoms with E-state index in [9.17, 15) is 0 Å². The molecule has 2 aromatic rings. The van der Waals surface area contributed by atoms with Crippen LogP contribution in [-0.2, 0) is 6.54 Å². The molecule has 0 saturated heterocycles. The Kier molecular flexibility index (Phi) is 8.33. The van der Waals surface area contributed by atoms with Gasteiger partial charge in [0, 0.05) is 43.9 Å². The third kappa shape index (κ3) is 6.71. The zero-order valence-electron chi connectivity index (χ0n) is 17.2. The topological polar surface area (TPSA) is 65.7 Å².